The first-order valence-corrected chi connectivity index (χ1v) is 6.70. The third kappa shape index (κ3) is 3.31. The summed E-state index contributed by atoms with van der Waals surface area (Å²) in [5.41, 5.74) is 1.17. The van der Waals surface area contributed by atoms with Crippen LogP contribution >= 0.6 is 39.1 Å². The molecule has 5 heteroatoms. The summed E-state index contributed by atoms with van der Waals surface area (Å²) < 4.78 is 0.878. The molecule has 1 aromatic heterocycles. The van der Waals surface area contributed by atoms with Crippen LogP contribution in [-0.2, 0) is 6.42 Å². The van der Waals surface area contributed by atoms with Crippen LogP contribution < -0.4 is 0 Å². The average Bonchev–Trinajstić information content (AvgIpc) is 2.32. The molecule has 2 rings (SSSR count). The largest absolute Gasteiger partial charge is 0.294 e. The van der Waals surface area contributed by atoms with E-state index in [1.807, 2.05) is 6.07 Å². The molecule has 0 spiro atoms. The van der Waals surface area contributed by atoms with Crippen molar-refractivity contribution in [2.24, 2.45) is 0 Å². The van der Waals surface area contributed by atoms with Gasteiger partial charge in [-0.1, -0.05) is 23.2 Å². The van der Waals surface area contributed by atoms with E-state index in [9.17, 15) is 4.79 Å². The van der Waals surface area contributed by atoms with Crippen molar-refractivity contribution in [1.29, 1.82) is 0 Å². The Bertz CT molecular complexity index is 584. The van der Waals surface area contributed by atoms with Crippen LogP contribution in [0.4, 0.5) is 0 Å². The lowest BCUT2D eigenvalue weighted by molar-refractivity contribution is 0.0992. The van der Waals surface area contributed by atoms with Gasteiger partial charge in [0.05, 0.1) is 11.4 Å². The third-order valence-electron chi connectivity index (χ3n) is 2.36. The molecular formula is C13H8BrCl2NO. The van der Waals surface area contributed by atoms with E-state index in [1.165, 1.54) is 0 Å². The molecule has 0 N–H and O–H groups in total. The molecule has 0 radical (unpaired) electrons. The Morgan fingerprint density at radius 1 is 1.22 bits per heavy atom. The van der Waals surface area contributed by atoms with Gasteiger partial charge in [-0.2, -0.15) is 0 Å². The molecule has 0 atom stereocenters. The molecule has 18 heavy (non-hydrogen) atoms. The highest BCUT2D eigenvalue weighted by atomic mass is 79.9. The van der Waals surface area contributed by atoms with E-state index >= 15 is 0 Å². The summed E-state index contributed by atoms with van der Waals surface area (Å²) in [6.07, 6.45) is 1.88. The van der Waals surface area contributed by atoms with Crippen molar-refractivity contribution in [1.82, 2.24) is 4.98 Å². The van der Waals surface area contributed by atoms with Gasteiger partial charge >= 0.3 is 0 Å². The number of pyridine rings is 1. The highest BCUT2D eigenvalue weighted by molar-refractivity contribution is 9.10. The number of ketones is 1. The van der Waals surface area contributed by atoms with Crippen molar-refractivity contribution in [3.05, 3.63) is 62.3 Å². The van der Waals surface area contributed by atoms with Gasteiger partial charge in [-0.05, 0) is 46.3 Å². The van der Waals surface area contributed by atoms with Gasteiger partial charge in [0.15, 0.2) is 5.78 Å². The van der Waals surface area contributed by atoms with Crippen molar-refractivity contribution in [3.63, 3.8) is 0 Å². The number of carbonyl (C=O) groups excluding carboxylic acids is 1. The smallest absolute Gasteiger partial charge is 0.170 e. The molecule has 2 aromatic rings. The number of Topliss-reactive ketones (excluding diaryl/α,β-unsaturated/α-hetero) is 1. The van der Waals surface area contributed by atoms with Gasteiger partial charge in [0.2, 0.25) is 0 Å². The van der Waals surface area contributed by atoms with Gasteiger partial charge in [-0.3, -0.25) is 9.78 Å². The van der Waals surface area contributed by atoms with E-state index < -0.39 is 0 Å². The Labute approximate surface area is 123 Å². The van der Waals surface area contributed by atoms with Crippen LogP contribution in [0.5, 0.6) is 0 Å². The standard InChI is InChI=1S/C13H8BrCl2NO/c14-8-1-3-10(17-7-8)6-13(18)11-4-2-9(15)5-12(11)16/h1-5,7H,6H2. The zero-order valence-corrected chi connectivity index (χ0v) is 12.3. The van der Waals surface area contributed by atoms with Gasteiger partial charge in [-0.25, -0.2) is 0 Å². The number of rotatable bonds is 3. The minimum atomic E-state index is -0.0773. The monoisotopic (exact) mass is 343 g/mol. The number of hydrogen-bond acceptors (Lipinski definition) is 2. The average molecular weight is 345 g/mol. The van der Waals surface area contributed by atoms with Crippen LogP contribution in [0.1, 0.15) is 16.1 Å². The van der Waals surface area contributed by atoms with Gasteiger partial charge in [0.25, 0.3) is 0 Å². The number of halogens is 3. The van der Waals surface area contributed by atoms with Crippen LogP contribution in [0, 0.1) is 0 Å². The van der Waals surface area contributed by atoms with Crippen LogP contribution in [0.15, 0.2) is 41.0 Å². The fourth-order valence-electron chi connectivity index (χ4n) is 1.49. The molecule has 0 saturated heterocycles. The van der Waals surface area contributed by atoms with Crippen LogP contribution in [-0.4, -0.2) is 10.8 Å². The maximum Gasteiger partial charge on any atom is 0.170 e. The molecule has 0 aliphatic heterocycles. The molecule has 0 aliphatic carbocycles. The number of carbonyl (C=O) groups is 1. The highest BCUT2D eigenvalue weighted by Crippen LogP contribution is 2.22. The Kier molecular flexibility index (Phi) is 4.38. The molecule has 0 amide bonds. The molecular weight excluding hydrogens is 337 g/mol. The second kappa shape index (κ2) is 5.83. The summed E-state index contributed by atoms with van der Waals surface area (Å²) in [6, 6.07) is 8.48. The number of benzene rings is 1. The molecule has 1 aromatic carbocycles. The van der Waals surface area contributed by atoms with Crippen LogP contribution in [0.25, 0.3) is 0 Å². The summed E-state index contributed by atoms with van der Waals surface area (Å²) in [5.74, 6) is -0.0773. The fourth-order valence-corrected chi connectivity index (χ4v) is 2.23. The molecule has 0 unspecified atom stereocenters. The van der Waals surface area contributed by atoms with Gasteiger partial charge in [0, 0.05) is 26.9 Å². The zero-order valence-electron chi connectivity index (χ0n) is 9.16. The maximum absolute atomic E-state index is 12.1. The van der Waals surface area contributed by atoms with E-state index in [2.05, 4.69) is 20.9 Å². The fraction of sp³-hybridized carbons (Fsp3) is 0.0769. The Morgan fingerprint density at radius 2 is 2.00 bits per heavy atom. The minimum Gasteiger partial charge on any atom is -0.294 e. The molecule has 0 bridgehead atoms. The first-order chi connectivity index (χ1) is 8.56. The predicted octanol–water partition coefficient (Wildman–Crippen LogP) is 4.58. The van der Waals surface area contributed by atoms with E-state index in [1.54, 1.807) is 30.5 Å². The van der Waals surface area contributed by atoms with E-state index in [4.69, 9.17) is 23.2 Å². The lowest BCUT2D eigenvalue weighted by atomic mass is 10.1. The van der Waals surface area contributed by atoms with Gasteiger partial charge in [-0.15, -0.1) is 0 Å². The maximum atomic E-state index is 12.1. The lowest BCUT2D eigenvalue weighted by Crippen LogP contribution is -2.05. The Morgan fingerprint density at radius 3 is 2.61 bits per heavy atom. The van der Waals surface area contributed by atoms with Crippen molar-refractivity contribution in [2.45, 2.75) is 6.42 Å². The third-order valence-corrected chi connectivity index (χ3v) is 3.38. The highest BCUT2D eigenvalue weighted by Gasteiger charge is 2.12. The molecule has 0 saturated carbocycles. The Balaban J connectivity index is 2.19. The SMILES string of the molecule is O=C(Cc1ccc(Br)cn1)c1ccc(Cl)cc1Cl. The number of nitrogens with zero attached hydrogens (tertiary/aromatic N) is 1. The van der Waals surface area contributed by atoms with Crippen LogP contribution in [0.3, 0.4) is 0 Å². The summed E-state index contributed by atoms with van der Waals surface area (Å²) in [7, 11) is 0. The molecule has 0 aliphatic rings. The van der Waals surface area contributed by atoms with Crippen LogP contribution in [0.2, 0.25) is 10.0 Å². The van der Waals surface area contributed by atoms with Crippen molar-refractivity contribution in [3.8, 4) is 0 Å². The normalized spacial score (nSPS) is 10.4. The lowest BCUT2D eigenvalue weighted by Gasteiger charge is -2.04. The number of hydrogen-bond donors (Lipinski definition) is 0. The molecule has 92 valence electrons. The van der Waals surface area contributed by atoms with Gasteiger partial charge in [0.1, 0.15) is 0 Å². The Hall–Kier alpha value is -0.900. The van der Waals surface area contributed by atoms with E-state index in [-0.39, 0.29) is 12.2 Å². The van der Waals surface area contributed by atoms with Crippen molar-refractivity contribution in [2.75, 3.05) is 0 Å². The molecule has 0 fully saturated rings. The van der Waals surface area contributed by atoms with Gasteiger partial charge < -0.3 is 0 Å². The summed E-state index contributed by atoms with van der Waals surface area (Å²) in [6.45, 7) is 0. The summed E-state index contributed by atoms with van der Waals surface area (Å²) >= 11 is 15.1. The van der Waals surface area contributed by atoms with E-state index in [0.29, 0.717) is 21.3 Å². The molecule has 2 nitrogen and oxygen atoms in total. The van der Waals surface area contributed by atoms with Crippen molar-refractivity contribution < 1.29 is 4.79 Å². The predicted molar refractivity (Wildman–Crippen MR) is 76.4 cm³/mol. The summed E-state index contributed by atoms with van der Waals surface area (Å²) in [5, 5.41) is 0.878. The number of aromatic nitrogens is 1. The van der Waals surface area contributed by atoms with E-state index in [0.717, 1.165) is 4.47 Å². The summed E-state index contributed by atoms with van der Waals surface area (Å²) in [4.78, 5) is 16.2. The molecule has 1 heterocycles. The minimum absolute atomic E-state index is 0.0773. The zero-order chi connectivity index (χ0) is 13.1. The topological polar surface area (TPSA) is 30.0 Å². The quantitative estimate of drug-likeness (QED) is 0.763. The van der Waals surface area contributed by atoms with Crippen molar-refractivity contribution >= 4 is 44.9 Å². The second-order valence-electron chi connectivity index (χ2n) is 3.69. The second-order valence-corrected chi connectivity index (χ2v) is 5.45. The first-order valence-electron chi connectivity index (χ1n) is 5.15. The first kappa shape index (κ1) is 13.5.